The molecule has 1 saturated heterocycles. The highest BCUT2D eigenvalue weighted by Crippen LogP contribution is 2.41. The molecule has 1 aromatic carbocycles. The molecule has 0 aliphatic carbocycles. The number of piperidine rings is 1. The summed E-state index contributed by atoms with van der Waals surface area (Å²) in [5.41, 5.74) is -1.14. The minimum Gasteiger partial charge on any atom is -0.497 e. The lowest BCUT2D eigenvalue weighted by Crippen LogP contribution is -2.45. The molecule has 0 saturated carbocycles. The first-order chi connectivity index (χ1) is 11.7. The molecule has 0 aromatic heterocycles. The van der Waals surface area contributed by atoms with E-state index in [1.165, 1.54) is 20.3 Å². The number of methoxy groups -OCH3 is 2. The maximum Gasteiger partial charge on any atom is 0.328 e. The fraction of sp³-hybridized carbons (Fsp3) is 0.588. The number of nitro groups is 1. The molecule has 1 unspecified atom stereocenters. The second-order valence-electron chi connectivity index (χ2n) is 6.73. The van der Waals surface area contributed by atoms with E-state index in [0.29, 0.717) is 13.1 Å². The van der Waals surface area contributed by atoms with Crippen molar-refractivity contribution in [3.05, 3.63) is 28.1 Å². The van der Waals surface area contributed by atoms with Crippen molar-refractivity contribution < 1.29 is 23.6 Å². The van der Waals surface area contributed by atoms with Crippen LogP contribution in [-0.2, 0) is 9.53 Å². The molecule has 1 aromatic rings. The van der Waals surface area contributed by atoms with Gasteiger partial charge in [-0.05, 0) is 32.6 Å². The van der Waals surface area contributed by atoms with Crippen molar-refractivity contribution in [2.75, 3.05) is 32.2 Å². The highest BCUT2D eigenvalue weighted by Gasteiger charge is 2.41. The summed E-state index contributed by atoms with van der Waals surface area (Å²) in [6, 6.07) is 2.47. The van der Waals surface area contributed by atoms with Crippen LogP contribution in [0.5, 0.6) is 5.75 Å². The van der Waals surface area contributed by atoms with Crippen LogP contribution < -0.4 is 9.64 Å². The Kier molecular flexibility index (Phi) is 5.49. The monoisotopic (exact) mass is 354 g/mol. The van der Waals surface area contributed by atoms with Crippen LogP contribution in [0.3, 0.4) is 0 Å². The van der Waals surface area contributed by atoms with E-state index in [1.54, 1.807) is 18.7 Å². The van der Waals surface area contributed by atoms with Gasteiger partial charge in [-0.2, -0.15) is 4.39 Å². The topological polar surface area (TPSA) is 81.9 Å². The molecular weight excluding hydrogens is 331 g/mol. The van der Waals surface area contributed by atoms with Crippen molar-refractivity contribution in [3.8, 4) is 5.75 Å². The van der Waals surface area contributed by atoms with Gasteiger partial charge in [0, 0.05) is 25.2 Å². The van der Waals surface area contributed by atoms with E-state index in [0.717, 1.165) is 18.9 Å². The number of carbonyl (C=O) groups excluding carboxylic acids is 1. The van der Waals surface area contributed by atoms with Crippen LogP contribution in [0.2, 0.25) is 0 Å². The maximum absolute atomic E-state index is 14.2. The SMILES string of the molecule is COC(=O)C(C)(C)C1CCCN(c2cc(OC)cc(F)c2[N+](=O)[O-])C1. The fourth-order valence-corrected chi connectivity index (χ4v) is 3.31. The van der Waals surface area contributed by atoms with Crippen LogP contribution in [0, 0.1) is 27.3 Å². The van der Waals surface area contributed by atoms with E-state index in [4.69, 9.17) is 9.47 Å². The van der Waals surface area contributed by atoms with Gasteiger partial charge in [0.15, 0.2) is 0 Å². The summed E-state index contributed by atoms with van der Waals surface area (Å²) in [7, 11) is 2.72. The number of hydrogen-bond donors (Lipinski definition) is 0. The summed E-state index contributed by atoms with van der Waals surface area (Å²) in [4.78, 5) is 24.4. The zero-order valence-electron chi connectivity index (χ0n) is 14.9. The summed E-state index contributed by atoms with van der Waals surface area (Å²) in [6.45, 7) is 4.54. The molecule has 1 aliphatic rings. The Hall–Kier alpha value is -2.38. The van der Waals surface area contributed by atoms with Crippen LogP contribution >= 0.6 is 0 Å². The molecule has 0 radical (unpaired) electrons. The van der Waals surface area contributed by atoms with Gasteiger partial charge in [-0.15, -0.1) is 0 Å². The third-order valence-corrected chi connectivity index (χ3v) is 4.93. The van der Waals surface area contributed by atoms with Crippen molar-refractivity contribution in [2.45, 2.75) is 26.7 Å². The third-order valence-electron chi connectivity index (χ3n) is 4.93. The Morgan fingerprint density at radius 3 is 2.64 bits per heavy atom. The van der Waals surface area contributed by atoms with Crippen LogP contribution in [0.4, 0.5) is 15.8 Å². The molecule has 7 nitrogen and oxygen atoms in total. The average molecular weight is 354 g/mol. The number of esters is 1. The van der Waals surface area contributed by atoms with Crippen LogP contribution in [-0.4, -0.2) is 38.2 Å². The van der Waals surface area contributed by atoms with Crippen LogP contribution in [0.25, 0.3) is 0 Å². The normalized spacial score (nSPS) is 18.0. The second kappa shape index (κ2) is 7.25. The molecule has 25 heavy (non-hydrogen) atoms. The molecule has 1 heterocycles. The van der Waals surface area contributed by atoms with E-state index in [1.807, 2.05) is 0 Å². The number of nitro benzene ring substituents is 1. The maximum atomic E-state index is 14.2. The van der Waals surface area contributed by atoms with Crippen molar-refractivity contribution in [1.29, 1.82) is 0 Å². The lowest BCUT2D eigenvalue weighted by atomic mass is 9.74. The first kappa shape index (κ1) is 19.0. The highest BCUT2D eigenvalue weighted by molar-refractivity contribution is 5.76. The smallest absolute Gasteiger partial charge is 0.328 e. The van der Waals surface area contributed by atoms with E-state index >= 15 is 0 Å². The quantitative estimate of drug-likeness (QED) is 0.459. The fourth-order valence-electron chi connectivity index (χ4n) is 3.31. The Balaban J connectivity index is 2.40. The number of carbonyl (C=O) groups is 1. The van der Waals surface area contributed by atoms with Crippen molar-refractivity contribution >= 4 is 17.3 Å². The highest BCUT2D eigenvalue weighted by atomic mass is 19.1. The van der Waals surface area contributed by atoms with Crippen molar-refractivity contribution in [1.82, 2.24) is 0 Å². The predicted molar refractivity (Wildman–Crippen MR) is 90.3 cm³/mol. The lowest BCUT2D eigenvalue weighted by Gasteiger charge is -2.40. The van der Waals surface area contributed by atoms with E-state index < -0.39 is 21.8 Å². The summed E-state index contributed by atoms with van der Waals surface area (Å²) in [5, 5.41) is 11.3. The van der Waals surface area contributed by atoms with Crippen molar-refractivity contribution in [2.24, 2.45) is 11.3 Å². The largest absolute Gasteiger partial charge is 0.497 e. The summed E-state index contributed by atoms with van der Waals surface area (Å²) in [5.74, 6) is -1.12. The predicted octanol–water partition coefficient (Wildman–Crippen LogP) is 3.16. The number of nitrogens with zero attached hydrogens (tertiary/aromatic N) is 2. The molecule has 2 rings (SSSR count). The van der Waals surface area contributed by atoms with Gasteiger partial charge < -0.3 is 14.4 Å². The Morgan fingerprint density at radius 1 is 1.40 bits per heavy atom. The van der Waals surface area contributed by atoms with Crippen molar-refractivity contribution in [3.63, 3.8) is 0 Å². The summed E-state index contributed by atoms with van der Waals surface area (Å²) >= 11 is 0. The molecule has 1 fully saturated rings. The molecule has 0 amide bonds. The minimum absolute atomic E-state index is 0.0671. The molecular formula is C17H23FN2O5. The van der Waals surface area contributed by atoms with Crippen LogP contribution in [0.1, 0.15) is 26.7 Å². The number of ether oxygens (including phenoxy) is 2. The van der Waals surface area contributed by atoms with Gasteiger partial charge in [0.2, 0.25) is 5.82 Å². The van der Waals surface area contributed by atoms with Gasteiger partial charge in [0.1, 0.15) is 11.4 Å². The number of hydrogen-bond acceptors (Lipinski definition) is 6. The summed E-state index contributed by atoms with van der Waals surface area (Å²) < 4.78 is 24.1. The number of anilines is 1. The van der Waals surface area contributed by atoms with Gasteiger partial charge in [0.25, 0.3) is 0 Å². The zero-order chi connectivity index (χ0) is 18.8. The zero-order valence-corrected chi connectivity index (χ0v) is 14.9. The number of halogens is 1. The first-order valence-electron chi connectivity index (χ1n) is 8.07. The molecule has 8 heteroatoms. The van der Waals surface area contributed by atoms with Gasteiger partial charge in [-0.1, -0.05) is 0 Å². The second-order valence-corrected chi connectivity index (χ2v) is 6.73. The van der Waals surface area contributed by atoms with Gasteiger partial charge >= 0.3 is 11.7 Å². The number of benzene rings is 1. The van der Waals surface area contributed by atoms with Gasteiger partial charge in [0.05, 0.1) is 24.6 Å². The minimum atomic E-state index is -0.936. The van der Waals surface area contributed by atoms with Gasteiger partial charge in [-0.25, -0.2) is 0 Å². The molecule has 1 atom stereocenters. The van der Waals surface area contributed by atoms with E-state index in [9.17, 15) is 19.3 Å². The molecule has 138 valence electrons. The standard InChI is InChI=1S/C17H23FN2O5/c1-17(2,16(21)25-4)11-6-5-7-19(10-11)14-9-12(24-3)8-13(18)15(14)20(22)23/h8-9,11H,5-7,10H2,1-4H3. The number of rotatable bonds is 5. The van der Waals surface area contributed by atoms with E-state index in [-0.39, 0.29) is 23.3 Å². The lowest BCUT2D eigenvalue weighted by molar-refractivity contribution is -0.386. The Bertz CT molecular complexity index is 677. The molecule has 0 N–H and O–H groups in total. The summed E-state index contributed by atoms with van der Waals surface area (Å²) in [6.07, 6.45) is 1.53. The molecule has 0 spiro atoms. The first-order valence-corrected chi connectivity index (χ1v) is 8.07. The Labute approximate surface area is 145 Å². The third kappa shape index (κ3) is 3.67. The molecule has 0 bridgehead atoms. The van der Waals surface area contributed by atoms with Crippen LogP contribution in [0.15, 0.2) is 12.1 Å². The molecule has 1 aliphatic heterocycles. The Morgan fingerprint density at radius 2 is 2.08 bits per heavy atom. The van der Waals surface area contributed by atoms with E-state index in [2.05, 4.69) is 0 Å². The van der Waals surface area contributed by atoms with Gasteiger partial charge in [-0.3, -0.25) is 14.9 Å². The average Bonchev–Trinajstić information content (AvgIpc) is 2.59.